The molecule has 0 radical (unpaired) electrons. The van der Waals surface area contributed by atoms with Crippen molar-refractivity contribution in [1.29, 1.82) is 0 Å². The van der Waals surface area contributed by atoms with Crippen LogP contribution in [0.2, 0.25) is 0 Å². The summed E-state index contributed by atoms with van der Waals surface area (Å²) in [6.45, 7) is 0.650. The summed E-state index contributed by atoms with van der Waals surface area (Å²) in [5.74, 6) is -0.218. The molecule has 3 aromatic carbocycles. The standard InChI is InChI=1S/C26H18FN3/c27-20-12-10-18(11-13-20)17-30-23-9-5-4-8-21(23)22-14-15-29-24(16-28-26(29)25(22)30)19-6-2-1-3-7-19/h1-16H,17H2. The van der Waals surface area contributed by atoms with E-state index in [1.807, 2.05) is 36.5 Å². The number of nitrogens with zero attached hydrogens (tertiary/aromatic N) is 3. The second-order valence-corrected chi connectivity index (χ2v) is 7.51. The summed E-state index contributed by atoms with van der Waals surface area (Å²) in [6, 6.07) is 27.6. The van der Waals surface area contributed by atoms with Crippen molar-refractivity contribution in [2.24, 2.45) is 0 Å². The van der Waals surface area contributed by atoms with E-state index in [1.54, 1.807) is 0 Å². The van der Waals surface area contributed by atoms with Gasteiger partial charge in [0.15, 0.2) is 5.65 Å². The maximum Gasteiger partial charge on any atom is 0.161 e. The highest BCUT2D eigenvalue weighted by molar-refractivity contribution is 6.12. The van der Waals surface area contributed by atoms with E-state index in [0.717, 1.165) is 33.5 Å². The summed E-state index contributed by atoms with van der Waals surface area (Å²) >= 11 is 0. The largest absolute Gasteiger partial charge is 0.333 e. The van der Waals surface area contributed by atoms with Crippen molar-refractivity contribution in [3.05, 3.63) is 109 Å². The molecule has 0 aliphatic rings. The maximum absolute atomic E-state index is 13.4. The zero-order valence-corrected chi connectivity index (χ0v) is 16.2. The van der Waals surface area contributed by atoms with Crippen molar-refractivity contribution >= 4 is 27.5 Å². The minimum Gasteiger partial charge on any atom is -0.333 e. The van der Waals surface area contributed by atoms with Gasteiger partial charge in [-0.15, -0.1) is 0 Å². The molecule has 6 aromatic rings. The summed E-state index contributed by atoms with van der Waals surface area (Å²) in [6.07, 6.45) is 4.03. The van der Waals surface area contributed by atoms with Crippen LogP contribution in [0.3, 0.4) is 0 Å². The predicted octanol–water partition coefficient (Wildman–Crippen LogP) is 6.30. The molecule has 0 N–H and O–H groups in total. The van der Waals surface area contributed by atoms with Crippen LogP contribution in [0, 0.1) is 5.82 Å². The highest BCUT2D eigenvalue weighted by Crippen LogP contribution is 2.33. The Kier molecular flexibility index (Phi) is 3.71. The molecule has 0 aliphatic carbocycles. The number of para-hydroxylation sites is 1. The first-order valence-electron chi connectivity index (χ1n) is 9.96. The molecule has 144 valence electrons. The number of halogens is 1. The minimum absolute atomic E-state index is 0.218. The highest BCUT2D eigenvalue weighted by atomic mass is 19.1. The summed E-state index contributed by atoms with van der Waals surface area (Å²) in [5, 5.41) is 2.37. The lowest BCUT2D eigenvalue weighted by Gasteiger charge is -2.09. The van der Waals surface area contributed by atoms with Crippen molar-refractivity contribution in [3.8, 4) is 11.3 Å². The van der Waals surface area contributed by atoms with Gasteiger partial charge in [-0.1, -0.05) is 60.7 Å². The third-order valence-electron chi connectivity index (χ3n) is 5.73. The Labute approximate surface area is 172 Å². The molecule has 0 spiro atoms. The Morgan fingerprint density at radius 2 is 1.53 bits per heavy atom. The second-order valence-electron chi connectivity index (χ2n) is 7.51. The van der Waals surface area contributed by atoms with Crippen LogP contribution in [0.25, 0.3) is 38.7 Å². The fourth-order valence-electron chi connectivity index (χ4n) is 4.34. The van der Waals surface area contributed by atoms with E-state index in [0.29, 0.717) is 6.54 Å². The van der Waals surface area contributed by atoms with Crippen molar-refractivity contribution in [1.82, 2.24) is 14.0 Å². The Balaban J connectivity index is 1.66. The van der Waals surface area contributed by atoms with Gasteiger partial charge in [0.2, 0.25) is 0 Å². The van der Waals surface area contributed by atoms with Crippen molar-refractivity contribution in [3.63, 3.8) is 0 Å². The SMILES string of the molecule is Fc1ccc(Cn2c3ccccc3c3ccn4c(-c5ccccc5)cnc4c32)cc1. The first kappa shape index (κ1) is 17.0. The Morgan fingerprint density at radius 1 is 0.767 bits per heavy atom. The minimum atomic E-state index is -0.218. The zero-order valence-electron chi connectivity index (χ0n) is 16.2. The van der Waals surface area contributed by atoms with E-state index in [9.17, 15) is 4.39 Å². The molecule has 30 heavy (non-hydrogen) atoms. The fraction of sp³-hybridized carbons (Fsp3) is 0.0385. The van der Waals surface area contributed by atoms with Gasteiger partial charge < -0.3 is 4.57 Å². The number of pyridine rings is 1. The predicted molar refractivity (Wildman–Crippen MR) is 119 cm³/mol. The second kappa shape index (κ2) is 6.56. The molecular formula is C26H18FN3. The van der Waals surface area contributed by atoms with E-state index in [1.165, 1.54) is 22.9 Å². The van der Waals surface area contributed by atoms with Crippen molar-refractivity contribution in [2.45, 2.75) is 6.54 Å². The first-order chi connectivity index (χ1) is 14.8. The number of rotatable bonds is 3. The number of hydrogen-bond acceptors (Lipinski definition) is 1. The first-order valence-corrected chi connectivity index (χ1v) is 9.96. The van der Waals surface area contributed by atoms with Crippen LogP contribution in [0.5, 0.6) is 0 Å². The lowest BCUT2D eigenvalue weighted by atomic mass is 10.1. The third kappa shape index (κ3) is 2.54. The van der Waals surface area contributed by atoms with Gasteiger partial charge in [-0.2, -0.15) is 0 Å². The Hall–Kier alpha value is -3.92. The van der Waals surface area contributed by atoms with Gasteiger partial charge >= 0.3 is 0 Å². The molecule has 0 fully saturated rings. The van der Waals surface area contributed by atoms with Crippen LogP contribution in [0.1, 0.15) is 5.56 Å². The van der Waals surface area contributed by atoms with Crippen LogP contribution in [0.4, 0.5) is 4.39 Å². The molecule has 0 saturated heterocycles. The lowest BCUT2D eigenvalue weighted by Crippen LogP contribution is -2.01. The Bertz CT molecular complexity index is 1510. The summed E-state index contributed by atoms with van der Waals surface area (Å²) < 4.78 is 17.9. The number of hydrogen-bond donors (Lipinski definition) is 0. The van der Waals surface area contributed by atoms with E-state index in [4.69, 9.17) is 4.98 Å². The number of fused-ring (bicyclic) bond motifs is 5. The van der Waals surface area contributed by atoms with Gasteiger partial charge in [-0.25, -0.2) is 9.37 Å². The lowest BCUT2D eigenvalue weighted by molar-refractivity contribution is 0.626. The molecule has 0 amide bonds. The fourth-order valence-corrected chi connectivity index (χ4v) is 4.34. The summed E-state index contributed by atoms with van der Waals surface area (Å²) in [5.41, 5.74) is 6.40. The number of benzene rings is 3. The van der Waals surface area contributed by atoms with Gasteiger partial charge in [-0.05, 0) is 29.8 Å². The molecule has 0 atom stereocenters. The van der Waals surface area contributed by atoms with Crippen molar-refractivity contribution < 1.29 is 4.39 Å². The smallest absolute Gasteiger partial charge is 0.161 e. The topological polar surface area (TPSA) is 22.2 Å². The summed E-state index contributed by atoms with van der Waals surface area (Å²) in [4.78, 5) is 4.82. The average Bonchev–Trinajstić information content (AvgIpc) is 3.36. The average molecular weight is 391 g/mol. The van der Waals surface area contributed by atoms with Crippen molar-refractivity contribution in [2.75, 3.05) is 0 Å². The van der Waals surface area contributed by atoms with Gasteiger partial charge in [-0.3, -0.25) is 4.40 Å². The molecule has 4 heteroatoms. The van der Waals surface area contributed by atoms with Gasteiger partial charge in [0, 0.05) is 34.6 Å². The molecule has 0 aliphatic heterocycles. The summed E-state index contributed by atoms with van der Waals surface area (Å²) in [7, 11) is 0. The van der Waals surface area contributed by atoms with Crippen LogP contribution < -0.4 is 0 Å². The monoisotopic (exact) mass is 391 g/mol. The van der Waals surface area contributed by atoms with Crippen LogP contribution in [-0.4, -0.2) is 14.0 Å². The van der Waals surface area contributed by atoms with Gasteiger partial charge in [0.05, 0.1) is 17.4 Å². The molecule has 3 aromatic heterocycles. The molecule has 0 bridgehead atoms. The molecule has 0 unspecified atom stereocenters. The quantitative estimate of drug-likeness (QED) is 0.347. The zero-order chi connectivity index (χ0) is 20.1. The van der Waals surface area contributed by atoms with E-state index < -0.39 is 0 Å². The van der Waals surface area contributed by atoms with E-state index in [-0.39, 0.29) is 5.82 Å². The molecule has 3 nitrogen and oxygen atoms in total. The van der Waals surface area contributed by atoms with Crippen LogP contribution in [0.15, 0.2) is 97.3 Å². The number of imidazole rings is 1. The highest BCUT2D eigenvalue weighted by Gasteiger charge is 2.16. The van der Waals surface area contributed by atoms with E-state index >= 15 is 0 Å². The Morgan fingerprint density at radius 3 is 2.37 bits per heavy atom. The third-order valence-corrected chi connectivity index (χ3v) is 5.73. The van der Waals surface area contributed by atoms with Gasteiger partial charge in [0.25, 0.3) is 0 Å². The van der Waals surface area contributed by atoms with Gasteiger partial charge in [0.1, 0.15) is 5.82 Å². The van der Waals surface area contributed by atoms with Crippen LogP contribution >= 0.6 is 0 Å². The normalized spacial score (nSPS) is 11.6. The molecular weight excluding hydrogens is 373 g/mol. The molecule has 6 rings (SSSR count). The molecule has 3 heterocycles. The number of aromatic nitrogens is 3. The van der Waals surface area contributed by atoms with Crippen LogP contribution in [-0.2, 0) is 6.54 Å². The maximum atomic E-state index is 13.4. The molecule has 0 saturated carbocycles. The van der Waals surface area contributed by atoms with E-state index in [2.05, 4.69) is 57.6 Å².